The molecule has 0 spiro atoms. The maximum Gasteiger partial charge on any atom is 0.254 e. The van der Waals surface area contributed by atoms with E-state index in [2.05, 4.69) is 16.8 Å². The topological polar surface area (TPSA) is 38.8 Å². The van der Waals surface area contributed by atoms with Crippen molar-refractivity contribution in [2.45, 2.75) is 18.9 Å². The van der Waals surface area contributed by atoms with Gasteiger partial charge in [-0.2, -0.15) is 11.3 Å². The highest BCUT2D eigenvalue weighted by Crippen LogP contribution is 2.36. The Bertz CT molecular complexity index is 668. The molecule has 0 aliphatic carbocycles. The van der Waals surface area contributed by atoms with Crippen LogP contribution in [0.5, 0.6) is 11.5 Å². The molecule has 0 saturated carbocycles. The second kappa shape index (κ2) is 5.07. The Kier molecular flexibility index (Phi) is 3.07. The first-order chi connectivity index (χ1) is 10.3. The summed E-state index contributed by atoms with van der Waals surface area (Å²) >= 11 is 1.68. The third-order valence-electron chi connectivity index (χ3n) is 4.06. The Morgan fingerprint density at radius 3 is 3.00 bits per heavy atom. The number of benzene rings is 1. The Balaban J connectivity index is 1.62. The summed E-state index contributed by atoms with van der Waals surface area (Å²) in [6.07, 6.45) is 2.09. The van der Waals surface area contributed by atoms with Crippen LogP contribution in [0.2, 0.25) is 0 Å². The van der Waals surface area contributed by atoms with Gasteiger partial charge in [-0.15, -0.1) is 0 Å². The van der Waals surface area contributed by atoms with E-state index in [0.717, 1.165) is 19.4 Å². The van der Waals surface area contributed by atoms with Gasteiger partial charge < -0.3 is 14.4 Å². The molecular weight excluding hydrogens is 286 g/mol. The second-order valence-corrected chi connectivity index (χ2v) is 6.06. The first-order valence-electron chi connectivity index (χ1n) is 7.05. The van der Waals surface area contributed by atoms with Gasteiger partial charge in [0, 0.05) is 12.1 Å². The minimum atomic E-state index is 0.0713. The van der Waals surface area contributed by atoms with E-state index in [9.17, 15) is 4.79 Å². The van der Waals surface area contributed by atoms with Crippen molar-refractivity contribution in [3.8, 4) is 11.5 Å². The molecule has 0 radical (unpaired) electrons. The Hall–Kier alpha value is -2.01. The smallest absolute Gasteiger partial charge is 0.254 e. The van der Waals surface area contributed by atoms with Gasteiger partial charge in [-0.3, -0.25) is 4.79 Å². The van der Waals surface area contributed by atoms with Crippen LogP contribution in [0.25, 0.3) is 0 Å². The largest absolute Gasteiger partial charge is 0.454 e. The lowest BCUT2D eigenvalue weighted by Crippen LogP contribution is -2.30. The number of ether oxygens (including phenoxy) is 2. The number of rotatable bonds is 2. The average Bonchev–Trinajstić information content (AvgIpc) is 3.24. The number of thiophene rings is 1. The van der Waals surface area contributed by atoms with Crippen LogP contribution in [0.3, 0.4) is 0 Å². The molecule has 1 aromatic heterocycles. The van der Waals surface area contributed by atoms with E-state index < -0.39 is 0 Å². The molecule has 108 valence electrons. The van der Waals surface area contributed by atoms with Crippen LogP contribution in [-0.2, 0) is 0 Å². The van der Waals surface area contributed by atoms with Gasteiger partial charge >= 0.3 is 0 Å². The first kappa shape index (κ1) is 12.7. The first-order valence-corrected chi connectivity index (χ1v) is 8.00. The zero-order valence-corrected chi connectivity index (χ0v) is 12.3. The Morgan fingerprint density at radius 2 is 2.14 bits per heavy atom. The van der Waals surface area contributed by atoms with Crippen LogP contribution in [0.1, 0.15) is 34.8 Å². The van der Waals surface area contributed by atoms with Crippen LogP contribution in [0.15, 0.2) is 35.0 Å². The Labute approximate surface area is 126 Å². The molecule has 3 heterocycles. The quantitative estimate of drug-likeness (QED) is 0.852. The summed E-state index contributed by atoms with van der Waals surface area (Å²) in [6, 6.07) is 7.73. The van der Waals surface area contributed by atoms with Gasteiger partial charge in [-0.25, -0.2) is 0 Å². The molecular formula is C16H15NO3S. The lowest BCUT2D eigenvalue weighted by molar-refractivity contribution is 0.0735. The maximum absolute atomic E-state index is 12.8. The van der Waals surface area contributed by atoms with Gasteiger partial charge in [0.2, 0.25) is 6.79 Å². The van der Waals surface area contributed by atoms with E-state index in [1.807, 2.05) is 17.0 Å². The summed E-state index contributed by atoms with van der Waals surface area (Å²) in [7, 11) is 0. The van der Waals surface area contributed by atoms with Gasteiger partial charge in [0.05, 0.1) is 6.04 Å². The lowest BCUT2D eigenvalue weighted by Gasteiger charge is -2.24. The normalized spacial score (nSPS) is 20.0. The number of hydrogen-bond acceptors (Lipinski definition) is 4. The summed E-state index contributed by atoms with van der Waals surface area (Å²) < 4.78 is 10.7. The molecule has 2 aliphatic rings. The molecule has 1 fully saturated rings. The number of carbonyl (C=O) groups excluding carboxylic acids is 1. The molecule has 0 N–H and O–H groups in total. The zero-order valence-electron chi connectivity index (χ0n) is 11.5. The minimum Gasteiger partial charge on any atom is -0.454 e. The van der Waals surface area contributed by atoms with E-state index in [1.165, 1.54) is 5.56 Å². The summed E-state index contributed by atoms with van der Waals surface area (Å²) in [5.41, 5.74) is 1.91. The van der Waals surface area contributed by atoms with Crippen LogP contribution in [-0.4, -0.2) is 24.1 Å². The highest BCUT2D eigenvalue weighted by atomic mass is 32.1. The third-order valence-corrected chi connectivity index (χ3v) is 4.76. The van der Waals surface area contributed by atoms with Gasteiger partial charge in [0.15, 0.2) is 11.5 Å². The standard InChI is InChI=1S/C16H15NO3S/c18-16(11-3-4-14-15(8-11)20-10-19-14)17-6-1-2-13(17)12-5-7-21-9-12/h3-5,7-9,13H,1-2,6,10H2. The van der Waals surface area contributed by atoms with Crippen molar-refractivity contribution in [3.05, 3.63) is 46.2 Å². The average molecular weight is 301 g/mol. The zero-order chi connectivity index (χ0) is 14.2. The van der Waals surface area contributed by atoms with Crippen LogP contribution in [0, 0.1) is 0 Å². The molecule has 1 aromatic carbocycles. The van der Waals surface area contributed by atoms with Crippen molar-refractivity contribution in [3.63, 3.8) is 0 Å². The monoisotopic (exact) mass is 301 g/mol. The lowest BCUT2D eigenvalue weighted by atomic mass is 10.1. The fraction of sp³-hybridized carbons (Fsp3) is 0.312. The minimum absolute atomic E-state index is 0.0713. The number of amides is 1. The van der Waals surface area contributed by atoms with Crippen molar-refractivity contribution in [1.82, 2.24) is 4.90 Å². The summed E-state index contributed by atoms with van der Waals surface area (Å²) in [6.45, 7) is 1.04. The second-order valence-electron chi connectivity index (χ2n) is 5.28. The molecule has 2 aliphatic heterocycles. The highest BCUT2D eigenvalue weighted by molar-refractivity contribution is 7.07. The molecule has 1 saturated heterocycles. The fourth-order valence-corrected chi connectivity index (χ4v) is 3.72. The van der Waals surface area contributed by atoms with Crippen molar-refractivity contribution < 1.29 is 14.3 Å². The number of hydrogen-bond donors (Lipinski definition) is 0. The van der Waals surface area contributed by atoms with Gasteiger partial charge in [0.25, 0.3) is 5.91 Å². The maximum atomic E-state index is 12.8. The molecule has 4 nitrogen and oxygen atoms in total. The van der Waals surface area contributed by atoms with E-state index in [4.69, 9.17) is 9.47 Å². The SMILES string of the molecule is O=C(c1ccc2c(c1)OCO2)N1CCCC1c1ccsc1. The van der Waals surface area contributed by atoms with E-state index in [1.54, 1.807) is 17.4 Å². The van der Waals surface area contributed by atoms with Gasteiger partial charge in [0.1, 0.15) is 0 Å². The van der Waals surface area contributed by atoms with Crippen LogP contribution in [0.4, 0.5) is 0 Å². The number of carbonyl (C=O) groups is 1. The van der Waals surface area contributed by atoms with Crippen LogP contribution >= 0.6 is 11.3 Å². The van der Waals surface area contributed by atoms with Crippen molar-refractivity contribution in [1.29, 1.82) is 0 Å². The molecule has 1 amide bonds. The van der Waals surface area contributed by atoms with Crippen molar-refractivity contribution in [2.24, 2.45) is 0 Å². The van der Waals surface area contributed by atoms with E-state index in [-0.39, 0.29) is 18.7 Å². The van der Waals surface area contributed by atoms with Crippen LogP contribution < -0.4 is 9.47 Å². The molecule has 0 bridgehead atoms. The third kappa shape index (κ3) is 2.17. The molecule has 21 heavy (non-hydrogen) atoms. The summed E-state index contributed by atoms with van der Waals surface area (Å²) in [4.78, 5) is 14.8. The molecule has 5 heteroatoms. The molecule has 1 unspecified atom stereocenters. The summed E-state index contributed by atoms with van der Waals surface area (Å²) in [5.74, 6) is 1.44. The number of likely N-dealkylation sites (tertiary alicyclic amines) is 1. The molecule has 1 atom stereocenters. The fourth-order valence-electron chi connectivity index (χ4n) is 3.02. The molecule has 2 aromatic rings. The van der Waals surface area contributed by atoms with Crippen molar-refractivity contribution in [2.75, 3.05) is 13.3 Å². The molecule has 4 rings (SSSR count). The van der Waals surface area contributed by atoms with Gasteiger partial charge in [-0.1, -0.05) is 0 Å². The number of fused-ring (bicyclic) bond motifs is 1. The summed E-state index contributed by atoms with van der Waals surface area (Å²) in [5, 5.41) is 4.20. The van der Waals surface area contributed by atoms with Crippen molar-refractivity contribution >= 4 is 17.2 Å². The number of nitrogens with zero attached hydrogens (tertiary/aromatic N) is 1. The van der Waals surface area contributed by atoms with Gasteiger partial charge in [-0.05, 0) is 53.4 Å². The van der Waals surface area contributed by atoms with E-state index in [0.29, 0.717) is 17.1 Å². The predicted molar refractivity (Wildman–Crippen MR) is 79.9 cm³/mol. The Morgan fingerprint density at radius 1 is 1.24 bits per heavy atom. The highest BCUT2D eigenvalue weighted by Gasteiger charge is 2.31. The predicted octanol–water partition coefficient (Wildman–Crippen LogP) is 3.45. The van der Waals surface area contributed by atoms with E-state index >= 15 is 0 Å².